The summed E-state index contributed by atoms with van der Waals surface area (Å²) < 4.78 is 59.0. The van der Waals surface area contributed by atoms with Crippen molar-refractivity contribution in [2.75, 3.05) is 0 Å². The van der Waals surface area contributed by atoms with Gasteiger partial charge in [0.25, 0.3) is 10.1 Å². The van der Waals surface area contributed by atoms with E-state index < -0.39 is 25.9 Å². The third-order valence-electron chi connectivity index (χ3n) is 2.30. The molecular formula is C10H14O6S2. The van der Waals surface area contributed by atoms with E-state index in [0.717, 1.165) is 6.07 Å². The molecule has 0 atom stereocenters. The van der Waals surface area contributed by atoms with E-state index >= 15 is 0 Å². The van der Waals surface area contributed by atoms with Crippen molar-refractivity contribution in [1.82, 2.24) is 0 Å². The summed E-state index contributed by atoms with van der Waals surface area (Å²) in [6.45, 7) is 4.92. The molecule has 4 N–H and O–H groups in total. The van der Waals surface area contributed by atoms with Crippen LogP contribution in [0.1, 0.15) is 11.1 Å². The summed E-state index contributed by atoms with van der Waals surface area (Å²) in [7, 11) is -8.57. The van der Waals surface area contributed by atoms with Gasteiger partial charge in [-0.1, -0.05) is 12.1 Å². The molecule has 0 amide bonds. The summed E-state index contributed by atoms with van der Waals surface area (Å²) >= 11 is 0. The van der Waals surface area contributed by atoms with Crippen molar-refractivity contribution >= 4 is 21.0 Å². The maximum atomic E-state index is 11.1. The molecule has 0 aliphatic heterocycles. The second-order valence-corrected chi connectivity index (χ2v) is 6.58. The van der Waals surface area contributed by atoms with Gasteiger partial charge in [0.15, 0.2) is 0 Å². The molecule has 0 saturated heterocycles. The van der Waals surface area contributed by atoms with Gasteiger partial charge in [-0.3, -0.25) is 4.55 Å². The van der Waals surface area contributed by atoms with E-state index in [1.165, 1.54) is 19.1 Å². The standard InChI is InChI=1S/C10H14O6S2/c1-3-4-8-5-7(2)9(17(11,12)13)6-10(8)18(14,15)16/h3,5-6,14-16H,1,4H2,2H3,(H,11,12,13). The minimum Gasteiger partial charge on any atom is -0.304 e. The average Bonchev–Trinajstić information content (AvgIpc) is 2.13. The van der Waals surface area contributed by atoms with E-state index in [-0.39, 0.29) is 16.9 Å². The summed E-state index contributed by atoms with van der Waals surface area (Å²) in [5.74, 6) is 0. The topological polar surface area (TPSA) is 115 Å². The molecule has 0 bridgehead atoms. The Hall–Kier alpha value is -0.900. The summed E-state index contributed by atoms with van der Waals surface area (Å²) in [5, 5.41) is 0. The molecule has 0 aliphatic carbocycles. The van der Waals surface area contributed by atoms with Crippen molar-refractivity contribution in [3.8, 4) is 0 Å². The van der Waals surface area contributed by atoms with Crippen molar-refractivity contribution < 1.29 is 26.6 Å². The smallest absolute Gasteiger partial charge is 0.294 e. The first-order chi connectivity index (χ1) is 8.07. The quantitative estimate of drug-likeness (QED) is 0.501. The van der Waals surface area contributed by atoms with Crippen LogP contribution in [0, 0.1) is 6.92 Å². The summed E-state index contributed by atoms with van der Waals surface area (Å²) in [4.78, 5) is -0.806. The van der Waals surface area contributed by atoms with Crippen LogP contribution in [-0.4, -0.2) is 26.6 Å². The maximum Gasteiger partial charge on any atom is 0.294 e. The van der Waals surface area contributed by atoms with Gasteiger partial charge in [0.1, 0.15) is 10.9 Å². The molecule has 0 unspecified atom stereocenters. The van der Waals surface area contributed by atoms with Crippen LogP contribution in [0.4, 0.5) is 0 Å². The Morgan fingerprint density at radius 2 is 1.72 bits per heavy atom. The first kappa shape index (κ1) is 15.2. The number of aryl methyl sites for hydroxylation is 1. The molecule has 0 aliphatic rings. The highest BCUT2D eigenvalue weighted by molar-refractivity contribution is 8.19. The van der Waals surface area contributed by atoms with Gasteiger partial charge in [-0.05, 0) is 30.5 Å². The van der Waals surface area contributed by atoms with E-state index in [9.17, 15) is 22.1 Å². The van der Waals surface area contributed by atoms with Crippen LogP contribution in [0.2, 0.25) is 0 Å². The van der Waals surface area contributed by atoms with Crippen molar-refractivity contribution in [3.05, 3.63) is 35.9 Å². The van der Waals surface area contributed by atoms with Crippen LogP contribution >= 0.6 is 10.9 Å². The van der Waals surface area contributed by atoms with Crippen molar-refractivity contribution in [2.24, 2.45) is 0 Å². The maximum absolute atomic E-state index is 11.1. The van der Waals surface area contributed by atoms with Crippen LogP contribution in [0.3, 0.4) is 0 Å². The largest absolute Gasteiger partial charge is 0.304 e. The van der Waals surface area contributed by atoms with Crippen LogP contribution in [0.25, 0.3) is 0 Å². The Balaban J connectivity index is 3.61. The monoisotopic (exact) mass is 294 g/mol. The zero-order valence-electron chi connectivity index (χ0n) is 9.57. The van der Waals surface area contributed by atoms with Gasteiger partial charge in [-0.25, -0.2) is 0 Å². The Bertz CT molecular complexity index is 571. The van der Waals surface area contributed by atoms with E-state index in [2.05, 4.69) is 6.58 Å². The second-order valence-electron chi connectivity index (χ2n) is 3.71. The lowest BCUT2D eigenvalue weighted by atomic mass is 10.1. The molecular weight excluding hydrogens is 280 g/mol. The zero-order chi connectivity index (χ0) is 14.1. The van der Waals surface area contributed by atoms with Gasteiger partial charge in [-0.2, -0.15) is 8.42 Å². The summed E-state index contributed by atoms with van der Waals surface area (Å²) in [6.07, 6.45) is 1.69. The number of benzene rings is 1. The SMILES string of the molecule is C=CCc1cc(C)c(S(=O)(=O)O)cc1S(O)(O)O. The molecule has 1 rings (SSSR count). The Kier molecular flexibility index (Phi) is 4.21. The third-order valence-corrected chi connectivity index (χ3v) is 4.26. The predicted molar refractivity (Wildman–Crippen MR) is 68.6 cm³/mol. The molecule has 0 radical (unpaired) electrons. The van der Waals surface area contributed by atoms with Crippen LogP contribution in [0.15, 0.2) is 34.6 Å². The third kappa shape index (κ3) is 3.31. The highest BCUT2D eigenvalue weighted by Crippen LogP contribution is 2.47. The van der Waals surface area contributed by atoms with E-state index in [1.54, 1.807) is 0 Å². The Labute approximate surface area is 107 Å². The first-order valence-corrected chi connectivity index (χ1v) is 7.74. The summed E-state index contributed by atoms with van der Waals surface area (Å²) in [6, 6.07) is 2.21. The molecule has 1 aromatic carbocycles. The number of rotatable bonds is 4. The summed E-state index contributed by atoms with van der Waals surface area (Å²) in [5.41, 5.74) is 0.569. The Morgan fingerprint density at radius 1 is 1.17 bits per heavy atom. The molecule has 102 valence electrons. The molecule has 0 fully saturated rings. The highest BCUT2D eigenvalue weighted by Gasteiger charge is 2.24. The fourth-order valence-electron chi connectivity index (χ4n) is 1.58. The molecule has 0 spiro atoms. The van der Waals surface area contributed by atoms with Gasteiger partial charge in [0.2, 0.25) is 0 Å². The average molecular weight is 294 g/mol. The van der Waals surface area contributed by atoms with Gasteiger partial charge in [0.05, 0.1) is 9.79 Å². The van der Waals surface area contributed by atoms with E-state index in [4.69, 9.17) is 4.55 Å². The van der Waals surface area contributed by atoms with Crippen LogP contribution < -0.4 is 0 Å². The molecule has 18 heavy (non-hydrogen) atoms. The Morgan fingerprint density at radius 3 is 2.11 bits per heavy atom. The normalized spacial score (nSPS) is 13.4. The number of hydrogen-bond acceptors (Lipinski definition) is 5. The van der Waals surface area contributed by atoms with Gasteiger partial charge in [0, 0.05) is 0 Å². The lowest BCUT2D eigenvalue weighted by Crippen LogP contribution is -2.07. The number of allylic oxidation sites excluding steroid dienone is 1. The van der Waals surface area contributed by atoms with Crippen molar-refractivity contribution in [1.29, 1.82) is 0 Å². The molecule has 0 aromatic heterocycles. The van der Waals surface area contributed by atoms with Gasteiger partial charge in [-0.15, -0.1) is 6.58 Å². The van der Waals surface area contributed by atoms with Gasteiger partial charge < -0.3 is 13.7 Å². The minimum atomic E-state index is -4.49. The number of hydrogen-bond donors (Lipinski definition) is 4. The van der Waals surface area contributed by atoms with Crippen molar-refractivity contribution in [3.63, 3.8) is 0 Å². The van der Waals surface area contributed by atoms with Crippen LogP contribution in [-0.2, 0) is 16.5 Å². The van der Waals surface area contributed by atoms with E-state index in [1.807, 2.05) is 0 Å². The van der Waals surface area contributed by atoms with Crippen molar-refractivity contribution in [2.45, 2.75) is 23.1 Å². The fraction of sp³-hybridized carbons (Fsp3) is 0.200. The zero-order valence-corrected chi connectivity index (χ0v) is 11.2. The molecule has 1 aromatic rings. The lowest BCUT2D eigenvalue weighted by Gasteiger charge is -2.23. The molecule has 0 saturated carbocycles. The van der Waals surface area contributed by atoms with Crippen LogP contribution in [0.5, 0.6) is 0 Å². The molecule has 6 nitrogen and oxygen atoms in total. The van der Waals surface area contributed by atoms with E-state index in [0.29, 0.717) is 5.56 Å². The highest BCUT2D eigenvalue weighted by atomic mass is 32.3. The van der Waals surface area contributed by atoms with Gasteiger partial charge >= 0.3 is 0 Å². The minimum absolute atomic E-state index is 0.221. The lowest BCUT2D eigenvalue weighted by molar-refractivity contribution is 0.375. The fourth-order valence-corrected chi connectivity index (χ4v) is 3.15. The second kappa shape index (κ2) is 5.00. The molecule has 8 heteroatoms. The molecule has 0 heterocycles. The predicted octanol–water partition coefficient (Wildman–Crippen LogP) is 2.55. The first-order valence-electron chi connectivity index (χ1n) is 4.80.